The van der Waals surface area contributed by atoms with Crippen LogP contribution in [0.2, 0.25) is 0 Å². The Morgan fingerprint density at radius 3 is 2.40 bits per heavy atom. The van der Waals surface area contributed by atoms with E-state index in [1.54, 1.807) is 0 Å². The van der Waals surface area contributed by atoms with E-state index < -0.39 is 0 Å². The first-order valence-corrected chi connectivity index (χ1v) is 6.73. The molecule has 0 aliphatic carbocycles. The molecule has 1 heterocycles. The van der Waals surface area contributed by atoms with Gasteiger partial charge in [0.2, 0.25) is 0 Å². The molecule has 15 heavy (non-hydrogen) atoms. The highest BCUT2D eigenvalue weighted by atomic mass is 79.9. The molecule has 1 aromatic rings. The van der Waals surface area contributed by atoms with Gasteiger partial charge in [-0.05, 0) is 20.3 Å². The van der Waals surface area contributed by atoms with E-state index in [2.05, 4.69) is 58.4 Å². The number of nitrogens with zero attached hydrogens (tertiary/aromatic N) is 3. The molecule has 1 unspecified atom stereocenters. The molecule has 0 N–H and O–H groups in total. The fraction of sp³-hybridized carbons (Fsp3) is 0.818. The summed E-state index contributed by atoms with van der Waals surface area (Å²) in [6.45, 7) is 8.79. The lowest BCUT2D eigenvalue weighted by molar-refractivity contribution is 0.511. The Morgan fingerprint density at radius 2 is 1.93 bits per heavy atom. The van der Waals surface area contributed by atoms with Gasteiger partial charge in [0.05, 0.1) is 5.33 Å². The largest absolute Gasteiger partial charge is 0.311 e. The summed E-state index contributed by atoms with van der Waals surface area (Å²) in [5.41, 5.74) is 0. The van der Waals surface area contributed by atoms with Crippen molar-refractivity contribution >= 4 is 15.9 Å². The molecule has 0 saturated heterocycles. The molecular weight excluding hydrogens is 254 g/mol. The summed E-state index contributed by atoms with van der Waals surface area (Å²) < 4.78 is 2.25. The van der Waals surface area contributed by atoms with Crippen molar-refractivity contribution in [3.63, 3.8) is 0 Å². The lowest BCUT2D eigenvalue weighted by Crippen LogP contribution is -2.11. The van der Waals surface area contributed by atoms with Crippen LogP contribution in [0.1, 0.15) is 64.1 Å². The molecular formula is C11H20BrN3. The first kappa shape index (κ1) is 12.7. The second-order valence-corrected chi connectivity index (χ2v) is 4.82. The molecule has 0 amide bonds. The lowest BCUT2D eigenvalue weighted by Gasteiger charge is -2.16. The Morgan fingerprint density at radius 1 is 1.27 bits per heavy atom. The summed E-state index contributed by atoms with van der Waals surface area (Å²) in [4.78, 5) is 0. The number of hydrogen-bond donors (Lipinski definition) is 0. The maximum atomic E-state index is 4.31. The fourth-order valence-electron chi connectivity index (χ4n) is 1.89. The minimum atomic E-state index is 0.432. The van der Waals surface area contributed by atoms with Gasteiger partial charge in [-0.15, -0.1) is 10.2 Å². The predicted octanol–water partition coefficient (Wildman–Crippen LogP) is 3.66. The molecule has 1 rings (SSSR count). The third-order valence-corrected chi connectivity index (χ3v) is 3.09. The van der Waals surface area contributed by atoms with Gasteiger partial charge < -0.3 is 4.57 Å². The minimum absolute atomic E-state index is 0.432. The van der Waals surface area contributed by atoms with Gasteiger partial charge in [0, 0.05) is 12.0 Å². The van der Waals surface area contributed by atoms with E-state index in [-0.39, 0.29) is 0 Å². The average Bonchev–Trinajstić information content (AvgIpc) is 2.61. The zero-order valence-corrected chi connectivity index (χ0v) is 11.6. The van der Waals surface area contributed by atoms with Gasteiger partial charge >= 0.3 is 0 Å². The third kappa shape index (κ3) is 2.80. The Bertz CT molecular complexity index is 307. The van der Waals surface area contributed by atoms with Gasteiger partial charge in [0.1, 0.15) is 11.6 Å². The van der Waals surface area contributed by atoms with E-state index >= 15 is 0 Å². The molecule has 1 atom stereocenters. The quantitative estimate of drug-likeness (QED) is 0.767. The highest BCUT2D eigenvalue weighted by Gasteiger charge is 2.18. The van der Waals surface area contributed by atoms with E-state index in [9.17, 15) is 0 Å². The summed E-state index contributed by atoms with van der Waals surface area (Å²) >= 11 is 3.45. The van der Waals surface area contributed by atoms with Crippen LogP contribution in [0.15, 0.2) is 0 Å². The Kier molecular flexibility index (Phi) is 4.77. The van der Waals surface area contributed by atoms with Gasteiger partial charge in [-0.2, -0.15) is 0 Å². The first-order valence-electron chi connectivity index (χ1n) is 5.61. The molecule has 0 aliphatic heterocycles. The van der Waals surface area contributed by atoms with Crippen molar-refractivity contribution in [3.8, 4) is 0 Å². The van der Waals surface area contributed by atoms with E-state index in [0.29, 0.717) is 12.0 Å². The Hall–Kier alpha value is -0.380. The second-order valence-electron chi connectivity index (χ2n) is 4.26. The Balaban J connectivity index is 3.01. The van der Waals surface area contributed by atoms with Crippen LogP contribution in [0.25, 0.3) is 0 Å². The van der Waals surface area contributed by atoms with Crippen molar-refractivity contribution in [2.75, 3.05) is 0 Å². The number of rotatable bonds is 5. The smallest absolute Gasteiger partial charge is 0.143 e. The van der Waals surface area contributed by atoms with E-state index in [1.165, 1.54) is 12.8 Å². The van der Waals surface area contributed by atoms with Gasteiger partial charge in [-0.25, -0.2) is 0 Å². The number of alkyl halides is 1. The average molecular weight is 274 g/mol. The standard InChI is InChI=1S/C11H20BrN3/c1-5-6-9(4)11-14-13-10(7-12)15(11)8(2)3/h8-9H,5-7H2,1-4H3. The molecule has 0 aromatic carbocycles. The number of hydrogen-bond acceptors (Lipinski definition) is 2. The first-order chi connectivity index (χ1) is 7.11. The lowest BCUT2D eigenvalue weighted by atomic mass is 10.1. The number of halogens is 1. The van der Waals surface area contributed by atoms with Crippen molar-refractivity contribution < 1.29 is 0 Å². The van der Waals surface area contributed by atoms with Crippen LogP contribution in [0.3, 0.4) is 0 Å². The molecule has 1 aromatic heterocycles. The van der Waals surface area contributed by atoms with Crippen molar-refractivity contribution in [1.29, 1.82) is 0 Å². The fourth-order valence-corrected chi connectivity index (χ4v) is 2.27. The molecule has 0 aliphatic rings. The summed E-state index contributed by atoms with van der Waals surface area (Å²) in [5.74, 6) is 2.65. The normalized spacial score (nSPS) is 13.5. The Labute approximate surface area is 100 Å². The third-order valence-electron chi connectivity index (χ3n) is 2.59. The van der Waals surface area contributed by atoms with Crippen LogP contribution in [-0.2, 0) is 5.33 Å². The van der Waals surface area contributed by atoms with Crippen molar-refractivity contribution in [2.24, 2.45) is 0 Å². The molecule has 86 valence electrons. The van der Waals surface area contributed by atoms with Gasteiger partial charge in [-0.3, -0.25) is 0 Å². The van der Waals surface area contributed by atoms with Crippen LogP contribution in [0.5, 0.6) is 0 Å². The second kappa shape index (κ2) is 5.64. The molecule has 4 heteroatoms. The summed E-state index contributed by atoms with van der Waals surface area (Å²) in [6.07, 6.45) is 2.36. The SMILES string of the molecule is CCCC(C)c1nnc(CBr)n1C(C)C. The van der Waals surface area contributed by atoms with Crippen molar-refractivity contribution in [1.82, 2.24) is 14.8 Å². The zero-order valence-electron chi connectivity index (χ0n) is 10.00. The maximum absolute atomic E-state index is 4.31. The topological polar surface area (TPSA) is 30.7 Å². The maximum Gasteiger partial charge on any atom is 0.143 e. The summed E-state index contributed by atoms with van der Waals surface area (Å²) in [6, 6.07) is 0.432. The van der Waals surface area contributed by atoms with E-state index in [1.807, 2.05) is 0 Å². The van der Waals surface area contributed by atoms with Crippen LogP contribution >= 0.6 is 15.9 Å². The predicted molar refractivity (Wildman–Crippen MR) is 66.4 cm³/mol. The van der Waals surface area contributed by atoms with Crippen molar-refractivity contribution in [2.45, 2.75) is 57.8 Å². The molecule has 0 saturated carbocycles. The minimum Gasteiger partial charge on any atom is -0.311 e. The van der Waals surface area contributed by atoms with Crippen LogP contribution in [0.4, 0.5) is 0 Å². The summed E-state index contributed by atoms with van der Waals surface area (Å²) in [5, 5.41) is 9.31. The molecule has 0 spiro atoms. The molecule has 0 fully saturated rings. The summed E-state index contributed by atoms with van der Waals surface area (Å²) in [7, 11) is 0. The van der Waals surface area contributed by atoms with Gasteiger partial charge in [-0.1, -0.05) is 36.2 Å². The van der Waals surface area contributed by atoms with Crippen LogP contribution in [0, 0.1) is 0 Å². The van der Waals surface area contributed by atoms with Crippen LogP contribution in [-0.4, -0.2) is 14.8 Å². The van der Waals surface area contributed by atoms with E-state index in [4.69, 9.17) is 0 Å². The number of aromatic nitrogens is 3. The molecule has 0 bridgehead atoms. The highest BCUT2D eigenvalue weighted by Crippen LogP contribution is 2.23. The van der Waals surface area contributed by atoms with Crippen LogP contribution < -0.4 is 0 Å². The molecule has 3 nitrogen and oxygen atoms in total. The van der Waals surface area contributed by atoms with E-state index in [0.717, 1.165) is 17.0 Å². The monoisotopic (exact) mass is 273 g/mol. The van der Waals surface area contributed by atoms with Gasteiger partial charge in [0.15, 0.2) is 0 Å². The van der Waals surface area contributed by atoms with Crippen molar-refractivity contribution in [3.05, 3.63) is 11.6 Å². The van der Waals surface area contributed by atoms with Gasteiger partial charge in [0.25, 0.3) is 0 Å². The zero-order chi connectivity index (χ0) is 11.4. The molecule has 0 radical (unpaired) electrons. The highest BCUT2D eigenvalue weighted by molar-refractivity contribution is 9.08.